The Bertz CT molecular complexity index is 626. The Balaban J connectivity index is 2.02. The van der Waals surface area contributed by atoms with E-state index in [0.29, 0.717) is 5.92 Å². The van der Waals surface area contributed by atoms with E-state index in [4.69, 9.17) is 10.7 Å². The van der Waals surface area contributed by atoms with Gasteiger partial charge in [-0.05, 0) is 51.0 Å². The highest BCUT2D eigenvalue weighted by Crippen LogP contribution is 2.36. The van der Waals surface area contributed by atoms with Gasteiger partial charge in [-0.2, -0.15) is 0 Å². The number of rotatable bonds is 4. The molecule has 1 aromatic heterocycles. The van der Waals surface area contributed by atoms with Crippen molar-refractivity contribution in [2.24, 2.45) is 0 Å². The molecule has 0 aliphatic heterocycles. The third-order valence-electron chi connectivity index (χ3n) is 4.75. The van der Waals surface area contributed by atoms with Crippen LogP contribution in [0.5, 0.6) is 0 Å². The van der Waals surface area contributed by atoms with Crippen molar-refractivity contribution < 1.29 is 0 Å². The van der Waals surface area contributed by atoms with E-state index < -0.39 is 0 Å². The summed E-state index contributed by atoms with van der Waals surface area (Å²) in [6, 6.07) is 8.57. The van der Waals surface area contributed by atoms with Crippen LogP contribution in [0.1, 0.15) is 51.1 Å². The lowest BCUT2D eigenvalue weighted by atomic mass is 10.0. The monoisotopic (exact) mass is 283 g/mol. The molecule has 1 aliphatic carbocycles. The van der Waals surface area contributed by atoms with Crippen LogP contribution in [0.15, 0.2) is 24.3 Å². The number of anilines is 2. The Kier molecular flexibility index (Phi) is 4.00. The third kappa shape index (κ3) is 2.69. The average Bonchev–Trinajstić information content (AvgIpc) is 3.03. The first-order valence-corrected chi connectivity index (χ1v) is 8.18. The van der Waals surface area contributed by atoms with Gasteiger partial charge in [0.2, 0.25) is 0 Å². The van der Waals surface area contributed by atoms with Crippen molar-refractivity contribution in [3.05, 3.63) is 30.0 Å². The molecular formula is C18H25N3. The molecule has 2 N–H and O–H groups in total. The van der Waals surface area contributed by atoms with Gasteiger partial charge < -0.3 is 10.6 Å². The minimum Gasteiger partial charge on any atom is -0.398 e. The van der Waals surface area contributed by atoms with Crippen LogP contribution in [-0.4, -0.2) is 18.1 Å². The van der Waals surface area contributed by atoms with E-state index in [2.05, 4.69) is 43.0 Å². The molecule has 1 heterocycles. The summed E-state index contributed by atoms with van der Waals surface area (Å²) < 4.78 is 0. The Hall–Kier alpha value is -1.77. The van der Waals surface area contributed by atoms with E-state index in [1.54, 1.807) is 0 Å². The molecule has 0 spiro atoms. The first-order chi connectivity index (χ1) is 10.2. The maximum Gasteiger partial charge on any atom is 0.0727 e. The number of nitrogens with zero attached hydrogens (tertiary/aromatic N) is 2. The number of nitrogens with two attached hydrogens (primary N) is 1. The largest absolute Gasteiger partial charge is 0.398 e. The van der Waals surface area contributed by atoms with Crippen LogP contribution in [0.2, 0.25) is 0 Å². The number of hydrogen-bond donors (Lipinski definition) is 1. The molecule has 112 valence electrons. The first kappa shape index (κ1) is 14.2. The average molecular weight is 283 g/mol. The molecule has 0 saturated heterocycles. The van der Waals surface area contributed by atoms with Crippen LogP contribution in [-0.2, 0) is 0 Å². The summed E-state index contributed by atoms with van der Waals surface area (Å²) in [4.78, 5) is 7.21. The molecule has 1 fully saturated rings. The molecule has 0 atom stereocenters. The van der Waals surface area contributed by atoms with Crippen molar-refractivity contribution >= 4 is 22.3 Å². The Morgan fingerprint density at radius 1 is 1.14 bits per heavy atom. The van der Waals surface area contributed by atoms with Gasteiger partial charge in [0.05, 0.1) is 5.52 Å². The summed E-state index contributed by atoms with van der Waals surface area (Å²) in [7, 11) is 0. The molecular weight excluding hydrogens is 258 g/mol. The zero-order valence-corrected chi connectivity index (χ0v) is 13.1. The predicted octanol–water partition coefficient (Wildman–Crippen LogP) is 4.32. The molecule has 3 rings (SSSR count). The van der Waals surface area contributed by atoms with Crippen molar-refractivity contribution in [1.82, 2.24) is 4.98 Å². The molecule has 0 amide bonds. The second kappa shape index (κ2) is 5.92. The van der Waals surface area contributed by atoms with Gasteiger partial charge in [0.15, 0.2) is 0 Å². The van der Waals surface area contributed by atoms with E-state index in [1.165, 1.54) is 37.1 Å². The zero-order chi connectivity index (χ0) is 14.8. The summed E-state index contributed by atoms with van der Waals surface area (Å²) in [6.45, 7) is 6.38. The lowest BCUT2D eigenvalue weighted by Gasteiger charge is -2.21. The quantitative estimate of drug-likeness (QED) is 0.908. The van der Waals surface area contributed by atoms with Crippen LogP contribution in [0.25, 0.3) is 10.9 Å². The fraction of sp³-hybridized carbons (Fsp3) is 0.500. The SMILES string of the molecule is CCN(CC)c1ccc2nc(C3CCCC3)cc(N)c2c1. The van der Waals surface area contributed by atoms with Crippen molar-refractivity contribution in [3.8, 4) is 0 Å². The highest BCUT2D eigenvalue weighted by molar-refractivity contribution is 5.92. The maximum atomic E-state index is 6.32. The lowest BCUT2D eigenvalue weighted by molar-refractivity contribution is 0.701. The highest BCUT2D eigenvalue weighted by Gasteiger charge is 2.19. The van der Waals surface area contributed by atoms with E-state index in [9.17, 15) is 0 Å². The summed E-state index contributed by atoms with van der Waals surface area (Å²) in [5, 5.41) is 1.08. The second-order valence-electron chi connectivity index (χ2n) is 5.99. The number of fused-ring (bicyclic) bond motifs is 1. The van der Waals surface area contributed by atoms with E-state index in [1.807, 2.05) is 0 Å². The first-order valence-electron chi connectivity index (χ1n) is 8.18. The number of nitrogen functional groups attached to an aromatic ring is 1. The molecule has 1 aromatic carbocycles. The number of benzene rings is 1. The van der Waals surface area contributed by atoms with E-state index >= 15 is 0 Å². The van der Waals surface area contributed by atoms with Crippen molar-refractivity contribution in [2.45, 2.75) is 45.4 Å². The zero-order valence-electron chi connectivity index (χ0n) is 13.1. The topological polar surface area (TPSA) is 42.2 Å². The van der Waals surface area contributed by atoms with Gasteiger partial charge in [-0.1, -0.05) is 12.8 Å². The minimum absolute atomic E-state index is 0.610. The van der Waals surface area contributed by atoms with Crippen LogP contribution < -0.4 is 10.6 Å². The number of hydrogen-bond acceptors (Lipinski definition) is 3. The number of pyridine rings is 1. The smallest absolute Gasteiger partial charge is 0.0727 e. The molecule has 1 aliphatic rings. The molecule has 0 unspecified atom stereocenters. The third-order valence-corrected chi connectivity index (χ3v) is 4.75. The van der Waals surface area contributed by atoms with Crippen molar-refractivity contribution in [3.63, 3.8) is 0 Å². The molecule has 1 saturated carbocycles. The van der Waals surface area contributed by atoms with Crippen molar-refractivity contribution in [2.75, 3.05) is 23.7 Å². The van der Waals surface area contributed by atoms with E-state index in [0.717, 1.165) is 29.7 Å². The minimum atomic E-state index is 0.610. The van der Waals surface area contributed by atoms with Gasteiger partial charge in [-0.3, -0.25) is 4.98 Å². The summed E-state index contributed by atoms with van der Waals surface area (Å²) in [5.41, 5.74) is 10.6. The lowest BCUT2D eigenvalue weighted by Crippen LogP contribution is -2.21. The van der Waals surface area contributed by atoms with Crippen LogP contribution >= 0.6 is 0 Å². The molecule has 2 aromatic rings. The summed E-state index contributed by atoms with van der Waals surface area (Å²) >= 11 is 0. The molecule has 0 bridgehead atoms. The van der Waals surface area contributed by atoms with Crippen molar-refractivity contribution in [1.29, 1.82) is 0 Å². The second-order valence-corrected chi connectivity index (χ2v) is 5.99. The van der Waals surface area contributed by atoms with Gasteiger partial charge in [0, 0.05) is 41.5 Å². The maximum absolute atomic E-state index is 6.32. The van der Waals surface area contributed by atoms with Gasteiger partial charge in [-0.25, -0.2) is 0 Å². The summed E-state index contributed by atoms with van der Waals surface area (Å²) in [6.07, 6.45) is 5.17. The van der Waals surface area contributed by atoms with Gasteiger partial charge in [0.1, 0.15) is 0 Å². The Labute approximate surface area is 127 Å². The number of aromatic nitrogens is 1. The van der Waals surface area contributed by atoms with Gasteiger partial charge in [0.25, 0.3) is 0 Å². The molecule has 0 radical (unpaired) electrons. The Morgan fingerprint density at radius 3 is 2.52 bits per heavy atom. The summed E-state index contributed by atoms with van der Waals surface area (Å²) in [5.74, 6) is 0.610. The highest BCUT2D eigenvalue weighted by atomic mass is 15.1. The van der Waals surface area contributed by atoms with Gasteiger partial charge >= 0.3 is 0 Å². The normalized spacial score (nSPS) is 15.7. The predicted molar refractivity (Wildman–Crippen MR) is 90.9 cm³/mol. The molecule has 3 nitrogen and oxygen atoms in total. The van der Waals surface area contributed by atoms with E-state index in [-0.39, 0.29) is 0 Å². The standard InChI is InChI=1S/C18H25N3/c1-3-21(4-2)14-9-10-17-15(11-14)16(19)12-18(20-17)13-7-5-6-8-13/h9-13H,3-8H2,1-2H3,(H2,19,20). The fourth-order valence-electron chi connectivity index (χ4n) is 3.48. The molecule has 21 heavy (non-hydrogen) atoms. The molecule has 3 heteroatoms. The van der Waals surface area contributed by atoms with Crippen LogP contribution in [0.3, 0.4) is 0 Å². The van der Waals surface area contributed by atoms with Gasteiger partial charge in [-0.15, -0.1) is 0 Å². The van der Waals surface area contributed by atoms with Crippen LogP contribution in [0.4, 0.5) is 11.4 Å². The Morgan fingerprint density at radius 2 is 1.86 bits per heavy atom. The fourth-order valence-corrected chi connectivity index (χ4v) is 3.48. The van der Waals surface area contributed by atoms with Crippen LogP contribution in [0, 0.1) is 0 Å².